The lowest BCUT2D eigenvalue weighted by Gasteiger charge is -2.32. The third-order valence-electron chi connectivity index (χ3n) is 5.87. The summed E-state index contributed by atoms with van der Waals surface area (Å²) in [7, 11) is 1.63. The van der Waals surface area contributed by atoms with Crippen LogP contribution < -0.4 is 14.8 Å². The summed E-state index contributed by atoms with van der Waals surface area (Å²) in [5, 5.41) is 3.03. The van der Waals surface area contributed by atoms with Gasteiger partial charge in [-0.25, -0.2) is 4.79 Å². The zero-order valence-corrected chi connectivity index (χ0v) is 19.7. The fraction of sp³-hybridized carbons (Fsp3) is 0.423. The summed E-state index contributed by atoms with van der Waals surface area (Å²) in [4.78, 5) is 38.3. The molecule has 8 heteroatoms. The number of hydrogen-bond acceptors (Lipinski definition) is 6. The lowest BCUT2D eigenvalue weighted by atomic mass is 9.96. The van der Waals surface area contributed by atoms with Crippen LogP contribution in [0.2, 0.25) is 0 Å². The van der Waals surface area contributed by atoms with Gasteiger partial charge in [-0.1, -0.05) is 18.2 Å². The van der Waals surface area contributed by atoms with E-state index in [1.54, 1.807) is 38.3 Å². The second-order valence-corrected chi connectivity index (χ2v) is 8.16. The summed E-state index contributed by atoms with van der Waals surface area (Å²) in [6.45, 7) is 3.83. The molecule has 1 fully saturated rings. The van der Waals surface area contributed by atoms with Crippen LogP contribution in [0.25, 0.3) is 0 Å². The molecule has 34 heavy (non-hydrogen) atoms. The van der Waals surface area contributed by atoms with Crippen LogP contribution in [-0.4, -0.2) is 56.2 Å². The van der Waals surface area contributed by atoms with Gasteiger partial charge in [-0.05, 0) is 68.0 Å². The van der Waals surface area contributed by atoms with Crippen molar-refractivity contribution >= 4 is 18.0 Å². The smallest absolute Gasteiger partial charge is 0.496 e. The topological polar surface area (TPSA) is 94.2 Å². The number of nitrogens with zero attached hydrogens (tertiary/aromatic N) is 1. The quantitative estimate of drug-likeness (QED) is 0.444. The number of aryl methyl sites for hydroxylation is 1. The molecule has 2 aromatic rings. The first-order valence-electron chi connectivity index (χ1n) is 11.6. The van der Waals surface area contributed by atoms with Gasteiger partial charge in [-0.2, -0.15) is 0 Å². The number of methoxy groups -OCH3 is 1. The van der Waals surface area contributed by atoms with Crippen molar-refractivity contribution in [3.8, 4) is 11.5 Å². The molecule has 1 aliphatic rings. The van der Waals surface area contributed by atoms with Gasteiger partial charge in [0.25, 0.3) is 5.91 Å². The van der Waals surface area contributed by atoms with E-state index >= 15 is 0 Å². The molecule has 1 saturated heterocycles. The van der Waals surface area contributed by atoms with E-state index in [0.717, 1.165) is 24.2 Å². The molecule has 0 atom stereocenters. The Balaban J connectivity index is 1.38. The Bertz CT molecular complexity index is 968. The molecule has 0 saturated carbocycles. The molecule has 8 nitrogen and oxygen atoms in total. The zero-order chi connectivity index (χ0) is 24.3. The maximum atomic E-state index is 12.8. The first-order chi connectivity index (χ1) is 16.5. The van der Waals surface area contributed by atoms with Gasteiger partial charge in [0.2, 0.25) is 5.91 Å². The normalized spacial score (nSPS) is 13.8. The molecule has 1 aliphatic heterocycles. The van der Waals surface area contributed by atoms with Crippen molar-refractivity contribution < 1.29 is 28.6 Å². The lowest BCUT2D eigenvalue weighted by Crippen LogP contribution is -2.41. The number of para-hydroxylation sites is 1. The first-order valence-corrected chi connectivity index (χ1v) is 11.6. The van der Waals surface area contributed by atoms with E-state index in [1.807, 2.05) is 29.2 Å². The SMILES string of the molecule is CCOC(=O)Oc1ccc(C(=O)N2CCC(CNC(=O)CCc3ccccc3OC)CC2)cc1. The van der Waals surface area contributed by atoms with E-state index in [0.29, 0.717) is 49.7 Å². The molecule has 0 bridgehead atoms. The van der Waals surface area contributed by atoms with Gasteiger partial charge >= 0.3 is 6.16 Å². The Morgan fingerprint density at radius 1 is 1.03 bits per heavy atom. The van der Waals surface area contributed by atoms with Crippen LogP contribution in [0, 0.1) is 5.92 Å². The molecular formula is C26H32N2O6. The predicted molar refractivity (Wildman–Crippen MR) is 127 cm³/mol. The highest BCUT2D eigenvalue weighted by Crippen LogP contribution is 2.21. The Morgan fingerprint density at radius 2 is 1.74 bits per heavy atom. The van der Waals surface area contributed by atoms with Gasteiger partial charge in [-0.3, -0.25) is 9.59 Å². The van der Waals surface area contributed by atoms with Crippen molar-refractivity contribution in [2.45, 2.75) is 32.6 Å². The molecule has 0 radical (unpaired) electrons. The highest BCUT2D eigenvalue weighted by molar-refractivity contribution is 5.94. The number of amides is 2. The summed E-state index contributed by atoms with van der Waals surface area (Å²) >= 11 is 0. The number of carbonyl (C=O) groups is 3. The minimum absolute atomic E-state index is 0.0227. The maximum absolute atomic E-state index is 12.8. The zero-order valence-electron chi connectivity index (χ0n) is 19.7. The summed E-state index contributed by atoms with van der Waals surface area (Å²) in [5.74, 6) is 1.44. The number of likely N-dealkylation sites (tertiary alicyclic amines) is 1. The Hall–Kier alpha value is -3.55. The molecule has 1 N–H and O–H groups in total. The average Bonchev–Trinajstić information content (AvgIpc) is 2.87. The van der Waals surface area contributed by atoms with Gasteiger partial charge < -0.3 is 24.4 Å². The first kappa shape index (κ1) is 25.1. The van der Waals surface area contributed by atoms with E-state index in [9.17, 15) is 14.4 Å². The fourth-order valence-electron chi connectivity index (χ4n) is 3.94. The largest absolute Gasteiger partial charge is 0.513 e. The third-order valence-corrected chi connectivity index (χ3v) is 5.87. The van der Waals surface area contributed by atoms with E-state index in [2.05, 4.69) is 5.32 Å². The summed E-state index contributed by atoms with van der Waals surface area (Å²) in [6, 6.07) is 14.2. The van der Waals surface area contributed by atoms with Crippen LogP contribution in [0.15, 0.2) is 48.5 Å². The molecule has 2 amide bonds. The summed E-state index contributed by atoms with van der Waals surface area (Å²) in [5.41, 5.74) is 1.56. The molecule has 2 aromatic carbocycles. The van der Waals surface area contributed by atoms with Gasteiger partial charge in [-0.15, -0.1) is 0 Å². The van der Waals surface area contributed by atoms with Gasteiger partial charge in [0, 0.05) is 31.6 Å². The standard InChI is InChI=1S/C26H32N2O6/c1-3-33-26(31)34-22-11-8-21(9-12-22)25(30)28-16-14-19(15-17-28)18-27-24(29)13-10-20-6-4-5-7-23(20)32-2/h4-9,11-12,19H,3,10,13-18H2,1-2H3,(H,27,29). The highest BCUT2D eigenvalue weighted by Gasteiger charge is 2.24. The van der Waals surface area contributed by atoms with Crippen LogP contribution >= 0.6 is 0 Å². The minimum atomic E-state index is -0.768. The van der Waals surface area contributed by atoms with Crippen LogP contribution in [0.3, 0.4) is 0 Å². The monoisotopic (exact) mass is 468 g/mol. The molecule has 0 spiro atoms. The van der Waals surface area contributed by atoms with Gasteiger partial charge in [0.15, 0.2) is 0 Å². The Morgan fingerprint density at radius 3 is 2.41 bits per heavy atom. The van der Waals surface area contributed by atoms with Crippen molar-refractivity contribution in [1.82, 2.24) is 10.2 Å². The molecule has 3 rings (SSSR count). The number of rotatable bonds is 9. The second-order valence-electron chi connectivity index (χ2n) is 8.16. The van der Waals surface area contributed by atoms with Crippen molar-refractivity contribution in [2.24, 2.45) is 5.92 Å². The molecule has 182 valence electrons. The number of ether oxygens (including phenoxy) is 3. The van der Waals surface area contributed by atoms with Crippen molar-refractivity contribution in [3.63, 3.8) is 0 Å². The fourth-order valence-corrected chi connectivity index (χ4v) is 3.94. The second kappa shape index (κ2) is 12.6. The maximum Gasteiger partial charge on any atom is 0.513 e. The Kier molecular flexibility index (Phi) is 9.31. The molecule has 0 aliphatic carbocycles. The van der Waals surface area contributed by atoms with Crippen LogP contribution in [-0.2, 0) is 16.0 Å². The molecule has 0 aromatic heterocycles. The summed E-state index contributed by atoms with van der Waals surface area (Å²) < 4.78 is 15.1. The third kappa shape index (κ3) is 7.23. The minimum Gasteiger partial charge on any atom is -0.496 e. The van der Waals surface area contributed by atoms with E-state index < -0.39 is 6.16 Å². The number of benzene rings is 2. The van der Waals surface area contributed by atoms with Gasteiger partial charge in [0.1, 0.15) is 11.5 Å². The number of nitrogens with one attached hydrogen (secondary N) is 1. The van der Waals surface area contributed by atoms with Crippen molar-refractivity contribution in [1.29, 1.82) is 0 Å². The highest BCUT2D eigenvalue weighted by atomic mass is 16.7. The van der Waals surface area contributed by atoms with E-state index in [-0.39, 0.29) is 18.4 Å². The molecule has 1 heterocycles. The lowest BCUT2D eigenvalue weighted by molar-refractivity contribution is -0.121. The molecular weight excluding hydrogens is 436 g/mol. The van der Waals surface area contributed by atoms with E-state index in [4.69, 9.17) is 14.2 Å². The van der Waals surface area contributed by atoms with Crippen LogP contribution in [0.5, 0.6) is 11.5 Å². The summed E-state index contributed by atoms with van der Waals surface area (Å²) in [6.07, 6.45) is 1.95. The average molecular weight is 469 g/mol. The van der Waals surface area contributed by atoms with Crippen LogP contribution in [0.1, 0.15) is 42.1 Å². The number of hydrogen-bond donors (Lipinski definition) is 1. The van der Waals surface area contributed by atoms with Crippen molar-refractivity contribution in [3.05, 3.63) is 59.7 Å². The number of carbonyl (C=O) groups excluding carboxylic acids is 3. The van der Waals surface area contributed by atoms with Crippen molar-refractivity contribution in [2.75, 3.05) is 33.4 Å². The van der Waals surface area contributed by atoms with Crippen LogP contribution in [0.4, 0.5) is 4.79 Å². The number of piperidine rings is 1. The van der Waals surface area contributed by atoms with Gasteiger partial charge in [0.05, 0.1) is 13.7 Å². The Labute approximate surface area is 200 Å². The molecule has 0 unspecified atom stereocenters. The predicted octanol–water partition coefficient (Wildman–Crippen LogP) is 3.83. The van der Waals surface area contributed by atoms with E-state index in [1.165, 1.54) is 0 Å².